The quantitative estimate of drug-likeness (QED) is 0.232. The first-order valence-corrected chi connectivity index (χ1v) is 11.7. The topological polar surface area (TPSA) is 154 Å². The van der Waals surface area contributed by atoms with E-state index in [-0.39, 0.29) is 17.2 Å². The molecular weight excluding hydrogens is 478 g/mol. The molecule has 0 aromatic heterocycles. The minimum atomic E-state index is -3.84. The van der Waals surface area contributed by atoms with Crippen molar-refractivity contribution in [2.75, 3.05) is 13.1 Å². The van der Waals surface area contributed by atoms with Crippen molar-refractivity contribution in [3.8, 4) is 11.5 Å². The number of sulfonamides is 1. The van der Waals surface area contributed by atoms with Crippen molar-refractivity contribution in [1.82, 2.24) is 10.0 Å². The highest BCUT2D eigenvalue weighted by Crippen LogP contribution is 2.24. The van der Waals surface area contributed by atoms with Gasteiger partial charge < -0.3 is 14.8 Å². The van der Waals surface area contributed by atoms with Crippen LogP contribution in [0.4, 0.5) is 5.69 Å². The van der Waals surface area contributed by atoms with E-state index in [1.165, 1.54) is 36.4 Å². The third-order valence-corrected chi connectivity index (χ3v) is 5.90. The Morgan fingerprint density at radius 1 is 0.886 bits per heavy atom. The van der Waals surface area contributed by atoms with Crippen LogP contribution in [-0.4, -0.2) is 38.3 Å². The van der Waals surface area contributed by atoms with Crippen molar-refractivity contribution < 1.29 is 32.4 Å². The lowest BCUT2D eigenvalue weighted by Gasteiger charge is -2.10. The number of carbonyl (C=O) groups excluding carboxylic acids is 2. The summed E-state index contributed by atoms with van der Waals surface area (Å²) in [6, 6.07) is 19.8. The standard InChI is InChI=1S/C23H21N3O8S/c27-22(14-25-35(31,32)21-7-2-1-3-8-21)24-15-23(28)33-16-17-5-4-6-20(13-17)34-19-11-9-18(10-12-19)26(29)30/h1-13,25H,14-16H2,(H,24,27). The average Bonchev–Trinajstić information content (AvgIpc) is 2.86. The van der Waals surface area contributed by atoms with Crippen molar-refractivity contribution in [3.63, 3.8) is 0 Å². The Morgan fingerprint density at radius 3 is 2.29 bits per heavy atom. The van der Waals surface area contributed by atoms with Crippen molar-refractivity contribution >= 4 is 27.6 Å². The number of rotatable bonds is 11. The van der Waals surface area contributed by atoms with Gasteiger partial charge in [-0.15, -0.1) is 0 Å². The Labute approximate surface area is 200 Å². The van der Waals surface area contributed by atoms with Gasteiger partial charge in [0.25, 0.3) is 5.69 Å². The lowest BCUT2D eigenvalue weighted by molar-refractivity contribution is -0.384. The second-order valence-corrected chi connectivity index (χ2v) is 8.84. The van der Waals surface area contributed by atoms with Crippen LogP contribution in [0.3, 0.4) is 0 Å². The maximum atomic E-state index is 12.1. The van der Waals surface area contributed by atoms with Gasteiger partial charge in [-0.3, -0.25) is 19.7 Å². The van der Waals surface area contributed by atoms with Gasteiger partial charge >= 0.3 is 5.97 Å². The smallest absolute Gasteiger partial charge is 0.325 e. The fourth-order valence-corrected chi connectivity index (χ4v) is 3.77. The number of non-ortho nitro benzene ring substituents is 1. The molecule has 0 spiro atoms. The summed E-state index contributed by atoms with van der Waals surface area (Å²) in [7, 11) is -3.84. The molecule has 2 N–H and O–H groups in total. The number of nitrogens with zero attached hydrogens (tertiary/aromatic N) is 1. The van der Waals surface area contributed by atoms with Crippen LogP contribution in [0.5, 0.6) is 11.5 Å². The van der Waals surface area contributed by atoms with E-state index in [2.05, 4.69) is 10.0 Å². The number of amides is 1. The van der Waals surface area contributed by atoms with Crippen LogP contribution >= 0.6 is 0 Å². The van der Waals surface area contributed by atoms with E-state index >= 15 is 0 Å². The number of benzene rings is 3. The van der Waals surface area contributed by atoms with Crippen molar-refractivity contribution in [1.29, 1.82) is 0 Å². The molecule has 3 aromatic carbocycles. The zero-order valence-electron chi connectivity index (χ0n) is 18.2. The number of carbonyl (C=O) groups is 2. The fourth-order valence-electron chi connectivity index (χ4n) is 2.76. The van der Waals surface area contributed by atoms with Crippen LogP contribution in [0.15, 0.2) is 83.8 Å². The average molecular weight is 500 g/mol. The van der Waals surface area contributed by atoms with E-state index in [0.29, 0.717) is 17.1 Å². The highest BCUT2D eigenvalue weighted by Gasteiger charge is 2.15. The molecule has 0 saturated carbocycles. The van der Waals surface area contributed by atoms with Crippen molar-refractivity contribution in [2.45, 2.75) is 11.5 Å². The van der Waals surface area contributed by atoms with Crippen LogP contribution in [0.2, 0.25) is 0 Å². The largest absolute Gasteiger partial charge is 0.460 e. The highest BCUT2D eigenvalue weighted by molar-refractivity contribution is 7.89. The van der Waals surface area contributed by atoms with Gasteiger partial charge in [-0.1, -0.05) is 30.3 Å². The van der Waals surface area contributed by atoms with E-state index in [0.717, 1.165) is 0 Å². The van der Waals surface area contributed by atoms with Crippen LogP contribution in [0, 0.1) is 10.1 Å². The number of esters is 1. The van der Waals surface area contributed by atoms with Gasteiger partial charge in [0.15, 0.2) is 0 Å². The number of ether oxygens (including phenoxy) is 2. The lowest BCUT2D eigenvalue weighted by Crippen LogP contribution is -2.39. The van der Waals surface area contributed by atoms with E-state index in [9.17, 15) is 28.1 Å². The molecule has 3 aromatic rings. The van der Waals surface area contributed by atoms with Gasteiger partial charge in [0, 0.05) is 12.1 Å². The van der Waals surface area contributed by atoms with E-state index < -0.39 is 39.9 Å². The van der Waals surface area contributed by atoms with Gasteiger partial charge in [0.2, 0.25) is 15.9 Å². The highest BCUT2D eigenvalue weighted by atomic mass is 32.2. The van der Waals surface area contributed by atoms with E-state index in [4.69, 9.17) is 9.47 Å². The molecule has 182 valence electrons. The van der Waals surface area contributed by atoms with Crippen LogP contribution in [0.25, 0.3) is 0 Å². The van der Waals surface area contributed by atoms with Crippen molar-refractivity contribution in [2.24, 2.45) is 0 Å². The molecule has 1 amide bonds. The van der Waals surface area contributed by atoms with Crippen molar-refractivity contribution in [3.05, 3.63) is 94.5 Å². The Balaban J connectivity index is 1.42. The van der Waals surface area contributed by atoms with Crippen LogP contribution in [0.1, 0.15) is 5.56 Å². The van der Waals surface area contributed by atoms with Gasteiger partial charge in [-0.25, -0.2) is 13.1 Å². The molecule has 0 heterocycles. The van der Waals surface area contributed by atoms with E-state index in [1.807, 2.05) is 0 Å². The third-order valence-electron chi connectivity index (χ3n) is 4.49. The molecule has 0 bridgehead atoms. The molecule has 0 saturated heterocycles. The van der Waals surface area contributed by atoms with Gasteiger partial charge in [-0.05, 0) is 42.0 Å². The Hall–Kier alpha value is -4.29. The zero-order chi connectivity index (χ0) is 25.3. The number of hydrogen-bond acceptors (Lipinski definition) is 8. The molecule has 0 atom stereocenters. The molecule has 35 heavy (non-hydrogen) atoms. The normalized spacial score (nSPS) is 10.9. The Morgan fingerprint density at radius 2 is 1.60 bits per heavy atom. The molecule has 0 unspecified atom stereocenters. The molecule has 11 nitrogen and oxygen atoms in total. The predicted molar refractivity (Wildman–Crippen MR) is 124 cm³/mol. The summed E-state index contributed by atoms with van der Waals surface area (Å²) < 4.78 is 37.1. The summed E-state index contributed by atoms with van der Waals surface area (Å²) in [5.41, 5.74) is 0.554. The second kappa shape index (κ2) is 11.7. The molecule has 12 heteroatoms. The number of nitrogens with one attached hydrogen (secondary N) is 2. The first kappa shape index (κ1) is 25.3. The summed E-state index contributed by atoms with van der Waals surface area (Å²) in [6.07, 6.45) is 0. The van der Waals surface area contributed by atoms with Gasteiger partial charge in [0.05, 0.1) is 16.4 Å². The molecule has 0 aliphatic rings. The Kier molecular flexibility index (Phi) is 8.48. The summed E-state index contributed by atoms with van der Waals surface area (Å²) in [6.45, 7) is -1.07. The molecule has 3 rings (SSSR count). The fraction of sp³-hybridized carbons (Fsp3) is 0.130. The maximum absolute atomic E-state index is 12.1. The van der Waals surface area contributed by atoms with Crippen LogP contribution < -0.4 is 14.8 Å². The summed E-state index contributed by atoms with van der Waals surface area (Å²) in [4.78, 5) is 34.1. The summed E-state index contributed by atoms with van der Waals surface area (Å²) in [5.74, 6) is -0.576. The maximum Gasteiger partial charge on any atom is 0.325 e. The van der Waals surface area contributed by atoms with Gasteiger partial charge in [-0.2, -0.15) is 0 Å². The Bertz CT molecular complexity index is 1300. The first-order valence-electron chi connectivity index (χ1n) is 10.2. The zero-order valence-corrected chi connectivity index (χ0v) is 19.1. The lowest BCUT2D eigenvalue weighted by atomic mass is 10.2. The minimum absolute atomic E-state index is 0.0204. The summed E-state index contributed by atoms with van der Waals surface area (Å²) >= 11 is 0. The molecule has 0 radical (unpaired) electrons. The van der Waals surface area contributed by atoms with Gasteiger partial charge in [0.1, 0.15) is 24.7 Å². The predicted octanol–water partition coefficient (Wildman–Crippen LogP) is 2.53. The molecule has 0 aliphatic carbocycles. The second-order valence-electron chi connectivity index (χ2n) is 7.08. The first-order chi connectivity index (χ1) is 16.7. The summed E-state index contributed by atoms with van der Waals surface area (Å²) in [5, 5.41) is 13.0. The molecule has 0 aliphatic heterocycles. The number of hydrogen-bond donors (Lipinski definition) is 2. The SMILES string of the molecule is O=C(CNS(=O)(=O)c1ccccc1)NCC(=O)OCc1cccc(Oc2ccc([N+](=O)[O-])cc2)c1. The monoisotopic (exact) mass is 499 g/mol. The van der Waals surface area contributed by atoms with E-state index in [1.54, 1.807) is 42.5 Å². The number of nitro groups is 1. The molecule has 0 fully saturated rings. The minimum Gasteiger partial charge on any atom is -0.460 e. The third kappa shape index (κ3) is 7.91. The van der Waals surface area contributed by atoms with Crippen LogP contribution in [-0.2, 0) is 31.0 Å². The molecular formula is C23H21N3O8S. The number of nitro benzene ring substituents is 1.